The molecule has 6 heteroatoms. The molecule has 0 aromatic carbocycles. The minimum Gasteiger partial charge on any atom is -0.462 e. The Morgan fingerprint density at radius 1 is 0.439 bits per heavy atom. The summed E-state index contributed by atoms with van der Waals surface area (Å²) in [5.41, 5.74) is 0. The third-order valence-electron chi connectivity index (χ3n) is 12.3. The number of amides is 1. The van der Waals surface area contributed by atoms with E-state index in [1.807, 2.05) is 36.5 Å². The molecule has 0 aromatic heterocycles. The number of unbranched alkanes of at least 4 members (excludes halogenated alkanes) is 28. The van der Waals surface area contributed by atoms with Crippen molar-refractivity contribution < 1.29 is 24.5 Å². The van der Waals surface area contributed by atoms with E-state index in [2.05, 4.69) is 74.7 Å². The molecular weight excluding hydrogens is 815 g/mol. The molecule has 0 bridgehead atoms. The normalized spacial score (nSPS) is 13.8. The van der Waals surface area contributed by atoms with Crippen molar-refractivity contribution in [2.75, 3.05) is 6.61 Å². The highest BCUT2D eigenvalue weighted by molar-refractivity contribution is 5.77. The van der Waals surface area contributed by atoms with Crippen LogP contribution in [0, 0.1) is 0 Å². The monoisotopic (exact) mass is 920 g/mol. The molecular formula is C60H105NO5. The zero-order valence-electron chi connectivity index (χ0n) is 43.3. The number of carbonyl (C=O) groups is 2. The molecule has 3 unspecified atom stereocenters. The third-order valence-corrected chi connectivity index (χ3v) is 12.3. The first-order chi connectivity index (χ1) is 32.5. The van der Waals surface area contributed by atoms with Crippen molar-refractivity contribution in [2.45, 2.75) is 277 Å². The van der Waals surface area contributed by atoms with Crippen molar-refractivity contribution in [1.82, 2.24) is 5.32 Å². The van der Waals surface area contributed by atoms with E-state index in [-0.39, 0.29) is 24.9 Å². The molecule has 0 radical (unpaired) electrons. The van der Waals surface area contributed by atoms with E-state index in [1.165, 1.54) is 128 Å². The van der Waals surface area contributed by atoms with Gasteiger partial charge in [0.1, 0.15) is 6.10 Å². The first-order valence-electron chi connectivity index (χ1n) is 27.9. The number of allylic oxidation sites excluding steroid dienone is 14. The maximum Gasteiger partial charge on any atom is 0.306 e. The van der Waals surface area contributed by atoms with Gasteiger partial charge < -0.3 is 20.3 Å². The molecule has 3 atom stereocenters. The lowest BCUT2D eigenvalue weighted by molar-refractivity contribution is -0.151. The molecule has 0 aromatic rings. The predicted molar refractivity (Wildman–Crippen MR) is 287 cm³/mol. The molecule has 380 valence electrons. The van der Waals surface area contributed by atoms with Crippen molar-refractivity contribution in [1.29, 1.82) is 0 Å². The topological polar surface area (TPSA) is 95.9 Å². The van der Waals surface area contributed by atoms with Crippen LogP contribution in [0.2, 0.25) is 0 Å². The van der Waals surface area contributed by atoms with E-state index < -0.39 is 18.2 Å². The number of nitrogens with one attached hydrogen (secondary N) is 1. The fourth-order valence-electron chi connectivity index (χ4n) is 8.10. The average molecular weight is 921 g/mol. The van der Waals surface area contributed by atoms with Crippen LogP contribution in [0.3, 0.4) is 0 Å². The van der Waals surface area contributed by atoms with Crippen molar-refractivity contribution >= 4 is 11.9 Å². The van der Waals surface area contributed by atoms with Crippen molar-refractivity contribution in [3.8, 4) is 0 Å². The zero-order chi connectivity index (χ0) is 48.1. The minimum absolute atomic E-state index is 0.0353. The van der Waals surface area contributed by atoms with E-state index in [9.17, 15) is 19.8 Å². The number of hydrogen-bond donors (Lipinski definition) is 3. The van der Waals surface area contributed by atoms with Gasteiger partial charge in [-0.3, -0.25) is 9.59 Å². The second-order valence-electron chi connectivity index (χ2n) is 18.8. The lowest BCUT2D eigenvalue weighted by Crippen LogP contribution is -2.46. The standard InChI is InChI=1S/C60H105NO5/c1-4-7-10-13-16-19-22-25-28-31-33-36-39-42-45-48-51-56(66-60(65)53-50-47-44-41-38-35-32-29-26-23-20-17-14-11-8-5-2)54-59(64)61-57(55-62)58(63)52-49-46-43-40-37-34-30-27-24-21-18-15-12-9-6-3/h10,13,16,19,22,25,28-29,31-33,35-36,38,56-58,62-63H,4-9,11-12,14-15,17-18,20-21,23-24,26-27,30,34,37,39-55H2,1-3H3,(H,61,64)/b13-10+,19-16+,25-22+,31-28+,32-29+,36-33+,38-35+. The Labute approximate surface area is 408 Å². The molecule has 0 aliphatic carbocycles. The summed E-state index contributed by atoms with van der Waals surface area (Å²) < 4.78 is 5.92. The molecule has 3 N–H and O–H groups in total. The van der Waals surface area contributed by atoms with Gasteiger partial charge in [0, 0.05) is 6.42 Å². The zero-order valence-corrected chi connectivity index (χ0v) is 43.3. The molecule has 0 heterocycles. The number of hydrogen-bond acceptors (Lipinski definition) is 5. The SMILES string of the molecule is CCC/C=C/C=C/C=C/C=C/C=C/CCCCCC(CC(=O)NC(CO)C(O)CCCCCCCCCCCCCCCCC)OC(=O)CCCCC/C=C/C=C/CCCCCCCCC. The number of aliphatic hydroxyl groups is 2. The summed E-state index contributed by atoms with van der Waals surface area (Å²) in [7, 11) is 0. The van der Waals surface area contributed by atoms with Crippen LogP contribution in [-0.4, -0.2) is 46.9 Å². The van der Waals surface area contributed by atoms with E-state index in [0.717, 1.165) is 83.5 Å². The summed E-state index contributed by atoms with van der Waals surface area (Å²) in [6, 6.07) is -0.726. The lowest BCUT2D eigenvalue weighted by Gasteiger charge is -2.24. The van der Waals surface area contributed by atoms with Crippen LogP contribution in [0.5, 0.6) is 0 Å². The summed E-state index contributed by atoms with van der Waals surface area (Å²) >= 11 is 0. The van der Waals surface area contributed by atoms with Gasteiger partial charge in [-0.2, -0.15) is 0 Å². The van der Waals surface area contributed by atoms with Crippen LogP contribution < -0.4 is 5.32 Å². The van der Waals surface area contributed by atoms with Crippen LogP contribution in [0.25, 0.3) is 0 Å². The van der Waals surface area contributed by atoms with Gasteiger partial charge in [-0.15, -0.1) is 0 Å². The van der Waals surface area contributed by atoms with Gasteiger partial charge in [0.15, 0.2) is 0 Å². The Morgan fingerprint density at radius 2 is 0.803 bits per heavy atom. The predicted octanol–water partition coefficient (Wildman–Crippen LogP) is 17.1. The summed E-state index contributed by atoms with van der Waals surface area (Å²) in [6.07, 6.45) is 69.2. The highest BCUT2D eigenvalue weighted by Crippen LogP contribution is 2.17. The number of aliphatic hydroxyl groups excluding tert-OH is 2. The molecule has 0 aliphatic rings. The van der Waals surface area contributed by atoms with E-state index in [0.29, 0.717) is 19.3 Å². The smallest absolute Gasteiger partial charge is 0.306 e. The second kappa shape index (κ2) is 53.0. The minimum atomic E-state index is -0.809. The maximum atomic E-state index is 13.2. The molecule has 66 heavy (non-hydrogen) atoms. The summed E-state index contributed by atoms with van der Waals surface area (Å²) in [6.45, 7) is 6.38. The fraction of sp³-hybridized carbons (Fsp3) is 0.733. The number of ether oxygens (including phenoxy) is 1. The first-order valence-corrected chi connectivity index (χ1v) is 27.9. The number of rotatable bonds is 49. The molecule has 6 nitrogen and oxygen atoms in total. The van der Waals surface area contributed by atoms with Crippen LogP contribution in [0.1, 0.15) is 258 Å². The Morgan fingerprint density at radius 3 is 1.26 bits per heavy atom. The van der Waals surface area contributed by atoms with Crippen molar-refractivity contribution in [2.24, 2.45) is 0 Å². The average Bonchev–Trinajstić information content (AvgIpc) is 3.31. The quantitative estimate of drug-likeness (QED) is 0.0321. The van der Waals surface area contributed by atoms with E-state index >= 15 is 0 Å². The summed E-state index contributed by atoms with van der Waals surface area (Å²) in [5.74, 6) is -0.548. The van der Waals surface area contributed by atoms with Crippen molar-refractivity contribution in [3.05, 3.63) is 85.1 Å². The number of esters is 1. The third kappa shape index (κ3) is 47.5. The van der Waals surface area contributed by atoms with Crippen molar-refractivity contribution in [3.63, 3.8) is 0 Å². The van der Waals surface area contributed by atoms with Crippen LogP contribution in [-0.2, 0) is 14.3 Å². The van der Waals surface area contributed by atoms with Gasteiger partial charge in [-0.25, -0.2) is 0 Å². The van der Waals surface area contributed by atoms with Crippen LogP contribution >= 0.6 is 0 Å². The van der Waals surface area contributed by atoms with Gasteiger partial charge in [0.05, 0.1) is 25.2 Å². The van der Waals surface area contributed by atoms with Gasteiger partial charge >= 0.3 is 5.97 Å². The molecule has 0 saturated heterocycles. The maximum absolute atomic E-state index is 13.2. The van der Waals surface area contributed by atoms with E-state index in [4.69, 9.17) is 4.74 Å². The Bertz CT molecular complexity index is 1260. The summed E-state index contributed by atoms with van der Waals surface area (Å²) in [4.78, 5) is 26.2. The molecule has 0 fully saturated rings. The fourth-order valence-corrected chi connectivity index (χ4v) is 8.10. The highest BCUT2D eigenvalue weighted by atomic mass is 16.5. The largest absolute Gasteiger partial charge is 0.462 e. The first kappa shape index (κ1) is 63.0. The van der Waals surface area contributed by atoms with Crippen LogP contribution in [0.4, 0.5) is 0 Å². The second-order valence-corrected chi connectivity index (χ2v) is 18.8. The lowest BCUT2D eigenvalue weighted by atomic mass is 10.0. The van der Waals surface area contributed by atoms with Gasteiger partial charge in [-0.1, -0.05) is 260 Å². The van der Waals surface area contributed by atoms with Crippen LogP contribution in [0.15, 0.2) is 85.1 Å². The van der Waals surface area contributed by atoms with Gasteiger partial charge in [0.25, 0.3) is 0 Å². The van der Waals surface area contributed by atoms with Gasteiger partial charge in [0.2, 0.25) is 5.91 Å². The Balaban J connectivity index is 4.71. The van der Waals surface area contributed by atoms with Gasteiger partial charge in [-0.05, 0) is 70.6 Å². The highest BCUT2D eigenvalue weighted by Gasteiger charge is 2.24. The van der Waals surface area contributed by atoms with E-state index in [1.54, 1.807) is 0 Å². The Kier molecular flexibility index (Phi) is 50.6. The Hall–Kier alpha value is -2.96. The molecule has 0 rings (SSSR count). The molecule has 0 aliphatic heterocycles. The summed E-state index contributed by atoms with van der Waals surface area (Å²) in [5, 5.41) is 23.8. The molecule has 1 amide bonds. The molecule has 0 spiro atoms. The number of carbonyl (C=O) groups excluding carboxylic acids is 2. The molecule has 0 saturated carbocycles.